The van der Waals surface area contributed by atoms with Crippen molar-refractivity contribution in [3.05, 3.63) is 18.0 Å². The normalized spacial score (nSPS) is 17.6. The van der Waals surface area contributed by atoms with Gasteiger partial charge in [0.1, 0.15) is 0 Å². The summed E-state index contributed by atoms with van der Waals surface area (Å²) in [6.07, 6.45) is 5.02. The van der Waals surface area contributed by atoms with Crippen LogP contribution in [0.1, 0.15) is 38.8 Å². The highest BCUT2D eigenvalue weighted by Crippen LogP contribution is 2.20. The highest BCUT2D eigenvalue weighted by atomic mass is 32.2. The summed E-state index contributed by atoms with van der Waals surface area (Å²) >= 11 is 0. The molecule has 1 aliphatic rings. The van der Waals surface area contributed by atoms with Crippen LogP contribution in [-0.2, 0) is 16.6 Å². The molecular formula is C14H25N3O2S. The summed E-state index contributed by atoms with van der Waals surface area (Å²) in [6.45, 7) is 5.39. The zero-order valence-electron chi connectivity index (χ0n) is 12.5. The van der Waals surface area contributed by atoms with Gasteiger partial charge < -0.3 is 10.3 Å². The number of H-pyrrole nitrogens is 1. The van der Waals surface area contributed by atoms with E-state index in [4.69, 9.17) is 0 Å². The van der Waals surface area contributed by atoms with E-state index in [0.29, 0.717) is 29.9 Å². The number of hydrogen-bond donors (Lipinski definition) is 2. The quantitative estimate of drug-likeness (QED) is 0.771. The Bertz CT molecular complexity index is 534. The van der Waals surface area contributed by atoms with Crippen LogP contribution in [0.2, 0.25) is 0 Å². The number of aromatic amines is 1. The first-order valence-electron chi connectivity index (χ1n) is 7.30. The van der Waals surface area contributed by atoms with E-state index in [-0.39, 0.29) is 0 Å². The van der Waals surface area contributed by atoms with Gasteiger partial charge in [-0.15, -0.1) is 0 Å². The van der Waals surface area contributed by atoms with Crippen LogP contribution >= 0.6 is 0 Å². The molecule has 0 aromatic carbocycles. The molecule has 0 spiro atoms. The Labute approximate surface area is 121 Å². The van der Waals surface area contributed by atoms with Crippen molar-refractivity contribution < 1.29 is 8.42 Å². The molecule has 1 heterocycles. The molecule has 1 aromatic rings. The average molecular weight is 299 g/mol. The molecule has 114 valence electrons. The van der Waals surface area contributed by atoms with Crippen LogP contribution in [0.25, 0.3) is 0 Å². The average Bonchev–Trinajstić information content (AvgIpc) is 3.12. The minimum Gasteiger partial charge on any atom is -0.363 e. The zero-order valence-corrected chi connectivity index (χ0v) is 13.3. The molecule has 1 aromatic heterocycles. The van der Waals surface area contributed by atoms with Gasteiger partial charge in [-0.3, -0.25) is 0 Å². The first kappa shape index (κ1) is 15.5. The lowest BCUT2D eigenvalue weighted by Gasteiger charge is -2.19. The maximum absolute atomic E-state index is 12.4. The van der Waals surface area contributed by atoms with Crippen molar-refractivity contribution in [2.45, 2.75) is 50.6 Å². The summed E-state index contributed by atoms with van der Waals surface area (Å²) in [7, 11) is -1.72. The zero-order chi connectivity index (χ0) is 14.8. The Morgan fingerprint density at radius 1 is 1.50 bits per heavy atom. The van der Waals surface area contributed by atoms with Crippen LogP contribution in [0.15, 0.2) is 17.2 Å². The van der Waals surface area contributed by atoms with Gasteiger partial charge in [-0.2, -0.15) is 0 Å². The van der Waals surface area contributed by atoms with Gasteiger partial charge in [0.2, 0.25) is 10.0 Å². The smallest absolute Gasteiger partial charge is 0.244 e. The molecule has 2 rings (SSSR count). The van der Waals surface area contributed by atoms with E-state index in [1.165, 1.54) is 17.1 Å². The van der Waals surface area contributed by atoms with Gasteiger partial charge in [0.15, 0.2) is 0 Å². The monoisotopic (exact) mass is 299 g/mol. The van der Waals surface area contributed by atoms with Crippen LogP contribution in [-0.4, -0.2) is 37.3 Å². The van der Waals surface area contributed by atoms with Gasteiger partial charge in [-0.25, -0.2) is 12.7 Å². The predicted molar refractivity (Wildman–Crippen MR) is 79.9 cm³/mol. The van der Waals surface area contributed by atoms with Crippen molar-refractivity contribution in [2.75, 3.05) is 13.6 Å². The second kappa shape index (κ2) is 6.28. The third kappa shape index (κ3) is 3.84. The van der Waals surface area contributed by atoms with Crippen molar-refractivity contribution in [3.8, 4) is 0 Å². The third-order valence-electron chi connectivity index (χ3n) is 3.85. The van der Waals surface area contributed by atoms with E-state index in [2.05, 4.69) is 24.1 Å². The minimum absolute atomic E-state index is 0.357. The van der Waals surface area contributed by atoms with Crippen molar-refractivity contribution in [3.63, 3.8) is 0 Å². The lowest BCUT2D eigenvalue weighted by molar-refractivity contribution is 0.393. The van der Waals surface area contributed by atoms with E-state index < -0.39 is 10.0 Å². The fraction of sp³-hybridized carbons (Fsp3) is 0.714. The van der Waals surface area contributed by atoms with Gasteiger partial charge in [-0.05, 0) is 24.8 Å². The summed E-state index contributed by atoms with van der Waals surface area (Å²) in [6, 6.07) is 2.35. The number of hydrogen-bond acceptors (Lipinski definition) is 3. The van der Waals surface area contributed by atoms with Crippen LogP contribution < -0.4 is 5.32 Å². The van der Waals surface area contributed by atoms with Crippen molar-refractivity contribution in [1.82, 2.24) is 14.6 Å². The Hall–Kier alpha value is -0.850. The number of rotatable bonds is 8. The molecule has 1 atom stereocenters. The molecule has 2 N–H and O–H groups in total. The number of nitrogens with zero attached hydrogens (tertiary/aromatic N) is 1. The number of sulfonamides is 1. The summed E-state index contributed by atoms with van der Waals surface area (Å²) in [5.41, 5.74) is 0.924. The van der Waals surface area contributed by atoms with Gasteiger partial charge in [0, 0.05) is 38.1 Å². The largest absolute Gasteiger partial charge is 0.363 e. The first-order valence-corrected chi connectivity index (χ1v) is 8.74. The Morgan fingerprint density at radius 2 is 2.20 bits per heavy atom. The molecule has 1 aliphatic carbocycles. The summed E-state index contributed by atoms with van der Waals surface area (Å²) in [5.74, 6) is 0.365. The highest BCUT2D eigenvalue weighted by molar-refractivity contribution is 7.89. The van der Waals surface area contributed by atoms with Gasteiger partial charge in [0.05, 0.1) is 4.90 Å². The summed E-state index contributed by atoms with van der Waals surface area (Å²) in [4.78, 5) is 3.41. The molecule has 0 aliphatic heterocycles. The Kier molecular flexibility index (Phi) is 4.88. The van der Waals surface area contributed by atoms with Gasteiger partial charge in [-0.1, -0.05) is 20.3 Å². The molecule has 20 heavy (non-hydrogen) atoms. The van der Waals surface area contributed by atoms with Crippen molar-refractivity contribution in [1.29, 1.82) is 0 Å². The van der Waals surface area contributed by atoms with Crippen LogP contribution in [0, 0.1) is 5.92 Å². The molecule has 1 fully saturated rings. The molecule has 0 saturated heterocycles. The molecule has 6 heteroatoms. The van der Waals surface area contributed by atoms with Crippen molar-refractivity contribution >= 4 is 10.0 Å². The standard InChI is InChI=1S/C14H25N3O2S/c1-4-11(2)10-17(3)20(18,19)14-7-13(16-9-14)8-15-12-5-6-12/h7,9,11-12,15-16H,4-6,8,10H2,1-3H3. The summed E-state index contributed by atoms with van der Waals surface area (Å²) < 4.78 is 26.3. The van der Waals surface area contributed by atoms with E-state index >= 15 is 0 Å². The Morgan fingerprint density at radius 3 is 2.80 bits per heavy atom. The van der Waals surface area contributed by atoms with Crippen molar-refractivity contribution in [2.24, 2.45) is 5.92 Å². The van der Waals surface area contributed by atoms with Crippen LogP contribution in [0.4, 0.5) is 0 Å². The number of nitrogens with one attached hydrogen (secondary N) is 2. The fourth-order valence-electron chi connectivity index (χ4n) is 2.06. The highest BCUT2D eigenvalue weighted by Gasteiger charge is 2.24. The summed E-state index contributed by atoms with van der Waals surface area (Å²) in [5, 5.41) is 3.37. The topological polar surface area (TPSA) is 65.2 Å². The molecule has 5 nitrogen and oxygen atoms in total. The fourth-order valence-corrected chi connectivity index (χ4v) is 3.37. The minimum atomic E-state index is -3.37. The molecular weight excluding hydrogens is 274 g/mol. The molecule has 1 unspecified atom stereocenters. The lowest BCUT2D eigenvalue weighted by atomic mass is 10.1. The maximum Gasteiger partial charge on any atom is 0.244 e. The molecule has 0 radical (unpaired) electrons. The van der Waals surface area contributed by atoms with Gasteiger partial charge in [0.25, 0.3) is 0 Å². The lowest BCUT2D eigenvalue weighted by Crippen LogP contribution is -2.30. The van der Waals surface area contributed by atoms with E-state index in [1.54, 1.807) is 19.3 Å². The number of aromatic nitrogens is 1. The molecule has 0 amide bonds. The van der Waals surface area contributed by atoms with Gasteiger partial charge >= 0.3 is 0 Å². The van der Waals surface area contributed by atoms with Crippen LogP contribution in [0.5, 0.6) is 0 Å². The van der Waals surface area contributed by atoms with Crippen LogP contribution in [0.3, 0.4) is 0 Å². The maximum atomic E-state index is 12.4. The predicted octanol–water partition coefficient (Wildman–Crippen LogP) is 1.93. The SMILES string of the molecule is CCC(C)CN(C)S(=O)(=O)c1c[nH]c(CNC2CC2)c1. The third-order valence-corrected chi connectivity index (χ3v) is 5.65. The van der Waals surface area contributed by atoms with E-state index in [1.807, 2.05) is 0 Å². The van der Waals surface area contributed by atoms with E-state index in [9.17, 15) is 8.42 Å². The Balaban J connectivity index is 2.00. The molecule has 0 bridgehead atoms. The second-order valence-corrected chi connectivity index (χ2v) is 7.86. The van der Waals surface area contributed by atoms with E-state index in [0.717, 1.165) is 12.1 Å². The molecule has 1 saturated carbocycles. The second-order valence-electron chi connectivity index (χ2n) is 5.81. The first-order chi connectivity index (χ1) is 9.43.